The van der Waals surface area contributed by atoms with Gasteiger partial charge < -0.3 is 9.64 Å². The molecule has 1 amide bonds. The first kappa shape index (κ1) is 21.7. The summed E-state index contributed by atoms with van der Waals surface area (Å²) >= 11 is 3.01. The van der Waals surface area contributed by atoms with Crippen molar-refractivity contribution in [2.45, 2.75) is 44.7 Å². The van der Waals surface area contributed by atoms with E-state index in [4.69, 9.17) is 9.72 Å². The number of hydrogen-bond acceptors (Lipinski definition) is 6. The maximum absolute atomic E-state index is 13.9. The number of rotatable bonds is 4. The van der Waals surface area contributed by atoms with Gasteiger partial charge in [0.1, 0.15) is 4.83 Å². The average molecular weight is 470 g/mol. The molecule has 8 heteroatoms. The smallest absolute Gasteiger partial charge is 0.267 e. The number of thiophene rings is 1. The van der Waals surface area contributed by atoms with Gasteiger partial charge in [0.15, 0.2) is 5.16 Å². The average Bonchev–Trinajstić information content (AvgIpc) is 3.17. The Labute approximate surface area is 195 Å². The van der Waals surface area contributed by atoms with Crippen molar-refractivity contribution in [2.75, 3.05) is 32.1 Å². The molecule has 1 saturated heterocycles. The number of morpholine rings is 1. The van der Waals surface area contributed by atoms with E-state index in [0.29, 0.717) is 31.5 Å². The van der Waals surface area contributed by atoms with Gasteiger partial charge in [0.2, 0.25) is 5.91 Å². The van der Waals surface area contributed by atoms with Crippen molar-refractivity contribution in [3.05, 3.63) is 50.1 Å². The molecule has 168 valence electrons. The van der Waals surface area contributed by atoms with Gasteiger partial charge in [-0.25, -0.2) is 4.98 Å². The van der Waals surface area contributed by atoms with Gasteiger partial charge in [-0.1, -0.05) is 29.5 Å². The van der Waals surface area contributed by atoms with Gasteiger partial charge in [-0.3, -0.25) is 14.2 Å². The summed E-state index contributed by atoms with van der Waals surface area (Å²) in [4.78, 5) is 35.5. The maximum Gasteiger partial charge on any atom is 0.267 e. The van der Waals surface area contributed by atoms with Crippen LogP contribution in [0.2, 0.25) is 0 Å². The molecule has 0 unspecified atom stereocenters. The summed E-state index contributed by atoms with van der Waals surface area (Å²) in [6.45, 7) is 6.46. The number of amides is 1. The fourth-order valence-electron chi connectivity index (χ4n) is 4.58. The molecule has 2 aromatic heterocycles. The first-order valence-electron chi connectivity index (χ1n) is 11.2. The summed E-state index contributed by atoms with van der Waals surface area (Å²) in [7, 11) is 0. The number of ether oxygens (including phenoxy) is 1. The third-order valence-corrected chi connectivity index (χ3v) is 8.35. The van der Waals surface area contributed by atoms with Crippen LogP contribution in [0.15, 0.2) is 28.2 Å². The molecule has 0 spiro atoms. The van der Waals surface area contributed by atoms with Crippen molar-refractivity contribution in [2.24, 2.45) is 0 Å². The van der Waals surface area contributed by atoms with Gasteiger partial charge in [-0.15, -0.1) is 11.3 Å². The zero-order valence-corrected chi connectivity index (χ0v) is 20.1. The van der Waals surface area contributed by atoms with Crippen LogP contribution in [0.25, 0.3) is 15.9 Å². The van der Waals surface area contributed by atoms with Crippen LogP contribution in [0.3, 0.4) is 0 Å². The Hall–Kier alpha value is -2.16. The lowest BCUT2D eigenvalue weighted by Gasteiger charge is -2.26. The van der Waals surface area contributed by atoms with Crippen molar-refractivity contribution in [1.29, 1.82) is 0 Å². The summed E-state index contributed by atoms with van der Waals surface area (Å²) in [6, 6.07) is 6.10. The summed E-state index contributed by atoms with van der Waals surface area (Å²) in [5.41, 5.74) is 4.19. The van der Waals surface area contributed by atoms with E-state index in [9.17, 15) is 9.59 Å². The highest BCUT2D eigenvalue weighted by molar-refractivity contribution is 7.99. The van der Waals surface area contributed by atoms with Gasteiger partial charge in [-0.05, 0) is 56.7 Å². The second kappa shape index (κ2) is 9.00. The Kier molecular flexibility index (Phi) is 6.09. The van der Waals surface area contributed by atoms with Crippen LogP contribution in [0.1, 0.15) is 34.4 Å². The lowest BCUT2D eigenvalue weighted by atomic mass is 9.97. The quantitative estimate of drug-likeness (QED) is 0.428. The first-order chi connectivity index (χ1) is 15.5. The lowest BCUT2D eigenvalue weighted by Crippen LogP contribution is -2.41. The van der Waals surface area contributed by atoms with E-state index in [1.807, 2.05) is 30.9 Å². The number of carbonyl (C=O) groups excluding carboxylic acids is 1. The van der Waals surface area contributed by atoms with Crippen LogP contribution >= 0.6 is 23.1 Å². The van der Waals surface area contributed by atoms with Crippen LogP contribution in [0.4, 0.5) is 0 Å². The molecule has 3 heterocycles. The largest absolute Gasteiger partial charge is 0.378 e. The third-order valence-electron chi connectivity index (χ3n) is 6.24. The normalized spacial score (nSPS) is 16.4. The molecule has 32 heavy (non-hydrogen) atoms. The molecule has 5 rings (SSSR count). The minimum absolute atomic E-state index is 0.0114. The number of aromatic nitrogens is 2. The molecule has 0 radical (unpaired) electrons. The van der Waals surface area contributed by atoms with E-state index < -0.39 is 0 Å². The highest BCUT2D eigenvalue weighted by Gasteiger charge is 2.24. The van der Waals surface area contributed by atoms with E-state index in [1.165, 1.54) is 28.6 Å². The van der Waals surface area contributed by atoms with E-state index in [2.05, 4.69) is 6.07 Å². The summed E-state index contributed by atoms with van der Waals surface area (Å²) in [5, 5.41) is 1.36. The number of aryl methyl sites for hydroxylation is 4. The predicted octanol–water partition coefficient (Wildman–Crippen LogP) is 3.89. The minimum Gasteiger partial charge on any atom is -0.378 e. The van der Waals surface area contributed by atoms with Crippen molar-refractivity contribution in [1.82, 2.24) is 14.5 Å². The molecule has 0 N–H and O–H groups in total. The highest BCUT2D eigenvalue weighted by atomic mass is 32.2. The zero-order chi connectivity index (χ0) is 22.2. The second-order valence-electron chi connectivity index (χ2n) is 8.50. The van der Waals surface area contributed by atoms with Crippen LogP contribution in [0, 0.1) is 13.8 Å². The van der Waals surface area contributed by atoms with E-state index >= 15 is 0 Å². The van der Waals surface area contributed by atoms with Crippen LogP contribution in [-0.4, -0.2) is 52.4 Å². The zero-order valence-electron chi connectivity index (χ0n) is 18.5. The summed E-state index contributed by atoms with van der Waals surface area (Å²) in [5.74, 6) is 0.318. The summed E-state index contributed by atoms with van der Waals surface area (Å²) < 4.78 is 7.09. The highest BCUT2D eigenvalue weighted by Crippen LogP contribution is 2.35. The number of thioether (sulfide) groups is 1. The second-order valence-corrected chi connectivity index (χ2v) is 10.5. The van der Waals surface area contributed by atoms with E-state index in [0.717, 1.165) is 46.3 Å². The molecule has 3 aromatic rings. The van der Waals surface area contributed by atoms with Crippen molar-refractivity contribution in [3.8, 4) is 5.69 Å². The first-order valence-corrected chi connectivity index (χ1v) is 13.0. The Balaban J connectivity index is 1.60. The molecule has 1 aromatic carbocycles. The van der Waals surface area contributed by atoms with Crippen molar-refractivity contribution in [3.63, 3.8) is 0 Å². The summed E-state index contributed by atoms with van der Waals surface area (Å²) in [6.07, 6.45) is 4.26. The molecule has 1 aliphatic heterocycles. The van der Waals surface area contributed by atoms with Crippen LogP contribution in [0.5, 0.6) is 0 Å². The lowest BCUT2D eigenvalue weighted by molar-refractivity contribution is -0.132. The Morgan fingerprint density at radius 3 is 2.75 bits per heavy atom. The fourth-order valence-corrected chi connectivity index (χ4v) is 6.79. The number of fused-ring (bicyclic) bond motifs is 3. The Morgan fingerprint density at radius 1 is 1.19 bits per heavy atom. The van der Waals surface area contributed by atoms with Gasteiger partial charge in [0.05, 0.1) is 30.0 Å². The molecule has 1 aliphatic carbocycles. The maximum atomic E-state index is 13.9. The molecular weight excluding hydrogens is 442 g/mol. The molecule has 0 saturated carbocycles. The molecule has 0 bridgehead atoms. The van der Waals surface area contributed by atoms with Gasteiger partial charge in [0.25, 0.3) is 5.56 Å². The van der Waals surface area contributed by atoms with Gasteiger partial charge in [0, 0.05) is 18.0 Å². The molecular formula is C24H27N3O3S2. The predicted molar refractivity (Wildman–Crippen MR) is 129 cm³/mol. The molecule has 2 aliphatic rings. The number of hydrogen-bond donors (Lipinski definition) is 0. The number of nitrogens with zero attached hydrogens (tertiary/aromatic N) is 3. The monoisotopic (exact) mass is 469 g/mol. The van der Waals surface area contributed by atoms with Crippen LogP contribution in [-0.2, 0) is 22.4 Å². The topological polar surface area (TPSA) is 64.4 Å². The standard InChI is InChI=1S/C24H27N3O3S2/c1-15-7-8-18(16(2)13-15)27-23(29)21-17-5-3-4-6-19(17)32-22(21)25-24(27)31-14-20(28)26-9-11-30-12-10-26/h7-8,13H,3-6,9-12,14H2,1-2H3. The van der Waals surface area contributed by atoms with E-state index in [-0.39, 0.29) is 17.2 Å². The van der Waals surface area contributed by atoms with Crippen molar-refractivity contribution < 1.29 is 9.53 Å². The Bertz CT molecular complexity index is 1240. The van der Waals surface area contributed by atoms with Gasteiger partial charge in [-0.2, -0.15) is 0 Å². The van der Waals surface area contributed by atoms with Crippen LogP contribution < -0.4 is 5.56 Å². The number of benzene rings is 1. The molecule has 1 fully saturated rings. The molecule has 0 atom stereocenters. The minimum atomic E-state index is -0.0114. The molecule has 6 nitrogen and oxygen atoms in total. The third kappa shape index (κ3) is 4.00. The van der Waals surface area contributed by atoms with Crippen molar-refractivity contribution >= 4 is 39.2 Å². The van der Waals surface area contributed by atoms with E-state index in [1.54, 1.807) is 15.9 Å². The van der Waals surface area contributed by atoms with Gasteiger partial charge >= 0.3 is 0 Å². The Morgan fingerprint density at radius 2 is 1.97 bits per heavy atom. The fraction of sp³-hybridized carbons (Fsp3) is 0.458. The SMILES string of the molecule is Cc1ccc(-n2c(SCC(=O)N3CCOCC3)nc3sc4c(c3c2=O)CCCC4)c(C)c1. The number of carbonyl (C=O) groups is 1.